The summed E-state index contributed by atoms with van der Waals surface area (Å²) >= 11 is 5.86. The van der Waals surface area contributed by atoms with Crippen molar-refractivity contribution in [3.63, 3.8) is 0 Å². The van der Waals surface area contributed by atoms with Gasteiger partial charge in [0.25, 0.3) is 5.69 Å². The van der Waals surface area contributed by atoms with Crippen molar-refractivity contribution in [2.75, 3.05) is 0 Å². The van der Waals surface area contributed by atoms with E-state index in [0.717, 1.165) is 5.56 Å². The maximum absolute atomic E-state index is 12.5. The normalized spacial score (nSPS) is 11.7. The Morgan fingerprint density at radius 3 is 2.41 bits per heavy atom. The van der Waals surface area contributed by atoms with Crippen LogP contribution in [0.3, 0.4) is 0 Å². The van der Waals surface area contributed by atoms with E-state index in [0.29, 0.717) is 11.4 Å². The summed E-state index contributed by atoms with van der Waals surface area (Å²) < 4.78 is 5.15. The van der Waals surface area contributed by atoms with Gasteiger partial charge in [0.2, 0.25) is 5.91 Å². The van der Waals surface area contributed by atoms with E-state index in [-0.39, 0.29) is 36.1 Å². The number of esters is 1. The quantitative estimate of drug-likeness (QED) is 0.370. The zero-order chi connectivity index (χ0) is 21.4. The molecule has 0 spiro atoms. The molecule has 0 fully saturated rings. The third-order valence-electron chi connectivity index (χ3n) is 4.14. The van der Waals surface area contributed by atoms with Gasteiger partial charge in [-0.25, -0.2) is 0 Å². The number of halogens is 1. The number of hydrogen-bond donors (Lipinski definition) is 1. The fourth-order valence-corrected chi connectivity index (χ4v) is 2.97. The molecule has 1 atom stereocenters. The minimum absolute atomic E-state index is 0.159. The molecule has 0 radical (unpaired) electrons. The van der Waals surface area contributed by atoms with E-state index in [1.165, 1.54) is 18.2 Å². The Hall–Kier alpha value is -2.93. The molecule has 0 aromatic heterocycles. The fraction of sp³-hybridized carbons (Fsp3) is 0.333. The Morgan fingerprint density at radius 1 is 1.14 bits per heavy atom. The summed E-state index contributed by atoms with van der Waals surface area (Å²) in [5, 5.41) is 14.7. The number of rotatable bonds is 9. The minimum Gasteiger partial charge on any atom is -0.463 e. The van der Waals surface area contributed by atoms with Gasteiger partial charge in [-0.1, -0.05) is 41.9 Å². The van der Waals surface area contributed by atoms with Crippen molar-refractivity contribution in [3.05, 3.63) is 74.8 Å². The molecule has 0 aliphatic rings. The summed E-state index contributed by atoms with van der Waals surface area (Å²) in [7, 11) is 0. The highest BCUT2D eigenvalue weighted by atomic mass is 35.5. The van der Waals surface area contributed by atoms with Crippen LogP contribution < -0.4 is 5.32 Å². The number of benzene rings is 2. The molecule has 2 rings (SSSR count). The molecule has 0 aliphatic carbocycles. The van der Waals surface area contributed by atoms with Crippen molar-refractivity contribution in [3.8, 4) is 0 Å². The van der Waals surface area contributed by atoms with Gasteiger partial charge in [-0.15, -0.1) is 0 Å². The highest BCUT2D eigenvalue weighted by Gasteiger charge is 2.26. The summed E-state index contributed by atoms with van der Waals surface area (Å²) in [6.07, 6.45) is 0.117. The minimum atomic E-state index is -0.861. The van der Waals surface area contributed by atoms with Crippen LogP contribution in [0.1, 0.15) is 43.9 Å². The summed E-state index contributed by atoms with van der Waals surface area (Å²) in [5.41, 5.74) is 1.04. The number of aryl methyl sites for hydroxylation is 1. The van der Waals surface area contributed by atoms with E-state index in [4.69, 9.17) is 16.3 Å². The lowest BCUT2D eigenvalue weighted by molar-refractivity contribution is -0.385. The second-order valence-electron chi connectivity index (χ2n) is 6.81. The first-order valence-corrected chi connectivity index (χ1v) is 9.60. The summed E-state index contributed by atoms with van der Waals surface area (Å²) in [6.45, 7) is 3.42. The van der Waals surface area contributed by atoms with Crippen molar-refractivity contribution in [2.45, 2.75) is 45.3 Å². The molecule has 1 N–H and O–H groups in total. The number of ether oxygens (including phenoxy) is 1. The molecule has 1 amide bonds. The third kappa shape index (κ3) is 7.19. The van der Waals surface area contributed by atoms with Gasteiger partial charge >= 0.3 is 5.97 Å². The van der Waals surface area contributed by atoms with Gasteiger partial charge in [0.1, 0.15) is 0 Å². The van der Waals surface area contributed by atoms with Gasteiger partial charge in [-0.3, -0.25) is 19.7 Å². The van der Waals surface area contributed by atoms with Crippen molar-refractivity contribution < 1.29 is 19.2 Å². The Kier molecular flexibility index (Phi) is 8.15. The SMILES string of the molecule is CC(C)OC(=O)CC(NC(=O)CCc1ccc(Cl)cc1)c1ccccc1[N+](=O)[O-]. The number of carbonyl (C=O) groups is 2. The monoisotopic (exact) mass is 418 g/mol. The van der Waals surface area contributed by atoms with Crippen LogP contribution in [0.2, 0.25) is 5.02 Å². The number of carbonyl (C=O) groups excluding carboxylic acids is 2. The van der Waals surface area contributed by atoms with Crippen LogP contribution in [-0.4, -0.2) is 22.9 Å². The van der Waals surface area contributed by atoms with Crippen LogP contribution >= 0.6 is 11.6 Å². The maximum Gasteiger partial charge on any atom is 0.308 e. The van der Waals surface area contributed by atoms with Crippen LogP contribution in [0.4, 0.5) is 5.69 Å². The number of amides is 1. The first-order valence-electron chi connectivity index (χ1n) is 9.23. The lowest BCUT2D eigenvalue weighted by atomic mass is 10.0. The Bertz CT molecular complexity index is 868. The Labute approximate surface area is 174 Å². The van der Waals surface area contributed by atoms with Gasteiger partial charge in [0, 0.05) is 17.5 Å². The van der Waals surface area contributed by atoms with E-state index in [9.17, 15) is 19.7 Å². The molecule has 2 aromatic rings. The molecule has 0 heterocycles. The van der Waals surface area contributed by atoms with E-state index in [2.05, 4.69) is 5.32 Å². The van der Waals surface area contributed by atoms with Crippen molar-refractivity contribution in [2.24, 2.45) is 0 Å². The topological polar surface area (TPSA) is 98.5 Å². The molecular formula is C21H23ClN2O5. The van der Waals surface area contributed by atoms with Crippen LogP contribution in [-0.2, 0) is 20.7 Å². The van der Waals surface area contributed by atoms with E-state index >= 15 is 0 Å². The molecule has 1 unspecified atom stereocenters. The lowest BCUT2D eigenvalue weighted by Gasteiger charge is -2.19. The summed E-state index contributed by atoms with van der Waals surface area (Å²) in [5.74, 6) is -0.860. The number of nitrogens with one attached hydrogen (secondary N) is 1. The van der Waals surface area contributed by atoms with Crippen LogP contribution in [0.15, 0.2) is 48.5 Å². The largest absolute Gasteiger partial charge is 0.463 e. The number of nitro groups is 1. The second-order valence-corrected chi connectivity index (χ2v) is 7.24. The Balaban J connectivity index is 2.14. The average molecular weight is 419 g/mol. The number of nitro benzene ring substituents is 1. The molecule has 29 heavy (non-hydrogen) atoms. The molecule has 8 heteroatoms. The zero-order valence-electron chi connectivity index (χ0n) is 16.3. The number of hydrogen-bond acceptors (Lipinski definition) is 5. The molecule has 154 valence electrons. The van der Waals surface area contributed by atoms with Crippen LogP contribution in [0.5, 0.6) is 0 Å². The first-order chi connectivity index (χ1) is 13.8. The molecule has 0 bridgehead atoms. The fourth-order valence-electron chi connectivity index (χ4n) is 2.84. The zero-order valence-corrected chi connectivity index (χ0v) is 17.0. The smallest absolute Gasteiger partial charge is 0.308 e. The number of para-hydroxylation sites is 1. The second kappa shape index (κ2) is 10.6. The van der Waals surface area contributed by atoms with Gasteiger partial charge in [0.05, 0.1) is 29.1 Å². The molecule has 7 nitrogen and oxygen atoms in total. The highest BCUT2D eigenvalue weighted by molar-refractivity contribution is 6.30. The van der Waals surface area contributed by atoms with Crippen molar-refractivity contribution in [1.29, 1.82) is 0 Å². The van der Waals surface area contributed by atoms with Crippen LogP contribution in [0.25, 0.3) is 0 Å². The summed E-state index contributed by atoms with van der Waals surface area (Å²) in [6, 6.07) is 12.3. The van der Waals surface area contributed by atoms with E-state index in [1.807, 2.05) is 12.1 Å². The van der Waals surface area contributed by atoms with Crippen molar-refractivity contribution >= 4 is 29.2 Å². The highest BCUT2D eigenvalue weighted by Crippen LogP contribution is 2.27. The standard InChI is InChI=1S/C21H23ClN2O5/c1-14(2)29-21(26)13-18(17-5-3-4-6-19(17)24(27)28)23-20(25)12-9-15-7-10-16(22)11-8-15/h3-8,10-11,14,18H,9,12-13H2,1-2H3,(H,23,25). The Morgan fingerprint density at radius 2 is 1.79 bits per heavy atom. The summed E-state index contributed by atoms with van der Waals surface area (Å²) in [4.78, 5) is 35.5. The first kappa shape index (κ1) is 22.4. The maximum atomic E-state index is 12.5. The third-order valence-corrected chi connectivity index (χ3v) is 4.39. The molecule has 0 saturated heterocycles. The number of nitrogens with zero attached hydrogens (tertiary/aromatic N) is 1. The van der Waals surface area contributed by atoms with Gasteiger partial charge in [-0.2, -0.15) is 0 Å². The van der Waals surface area contributed by atoms with Gasteiger partial charge in [0.15, 0.2) is 0 Å². The van der Waals surface area contributed by atoms with E-state index < -0.39 is 16.9 Å². The predicted octanol–water partition coefficient (Wildman–Crippen LogP) is 4.38. The van der Waals surface area contributed by atoms with Crippen LogP contribution in [0, 0.1) is 10.1 Å². The molecule has 0 aliphatic heterocycles. The van der Waals surface area contributed by atoms with Gasteiger partial charge < -0.3 is 10.1 Å². The molecule has 2 aromatic carbocycles. The molecule has 0 saturated carbocycles. The van der Waals surface area contributed by atoms with Gasteiger partial charge in [-0.05, 0) is 38.0 Å². The predicted molar refractivity (Wildman–Crippen MR) is 110 cm³/mol. The van der Waals surface area contributed by atoms with E-state index in [1.54, 1.807) is 32.0 Å². The lowest BCUT2D eigenvalue weighted by Crippen LogP contribution is -2.31. The average Bonchev–Trinajstić information content (AvgIpc) is 2.66. The molecular weight excluding hydrogens is 396 g/mol. The van der Waals surface area contributed by atoms with Crippen molar-refractivity contribution in [1.82, 2.24) is 5.32 Å².